The molecule has 0 bridgehead atoms. The van der Waals surface area contributed by atoms with Crippen LogP contribution in [0.3, 0.4) is 0 Å². The van der Waals surface area contributed by atoms with E-state index in [1.807, 2.05) is 0 Å². The predicted molar refractivity (Wildman–Crippen MR) is 107 cm³/mol. The van der Waals surface area contributed by atoms with E-state index in [4.69, 9.17) is 4.52 Å². The van der Waals surface area contributed by atoms with Crippen LogP contribution < -0.4 is 10.9 Å². The highest BCUT2D eigenvalue weighted by atomic mass is 16.5. The molecule has 0 aliphatic carbocycles. The molecule has 1 aromatic carbocycles. The first-order valence-corrected chi connectivity index (χ1v) is 10.4. The van der Waals surface area contributed by atoms with Gasteiger partial charge in [0.05, 0.1) is 12.1 Å². The molecule has 4 rings (SSSR count). The van der Waals surface area contributed by atoms with Crippen LogP contribution in [-0.4, -0.2) is 29.7 Å². The van der Waals surface area contributed by atoms with Gasteiger partial charge >= 0.3 is 0 Å². The lowest BCUT2D eigenvalue weighted by Crippen LogP contribution is -2.33. The van der Waals surface area contributed by atoms with Crippen LogP contribution in [0.1, 0.15) is 74.2 Å². The van der Waals surface area contributed by atoms with E-state index in [2.05, 4.69) is 72.0 Å². The minimum absolute atomic E-state index is 0.362. The summed E-state index contributed by atoms with van der Waals surface area (Å²) in [5.74, 6) is 1.93. The second kappa shape index (κ2) is 8.13. The number of aromatic nitrogens is 1. The molecule has 0 saturated carbocycles. The van der Waals surface area contributed by atoms with Crippen LogP contribution in [0, 0.1) is 5.92 Å². The van der Waals surface area contributed by atoms with Gasteiger partial charge in [0.25, 0.3) is 0 Å². The first-order valence-electron chi connectivity index (χ1n) is 10.4. The molecular formula is C22H32N4O. The Hall–Kier alpha value is -1.69. The smallest absolute Gasteiger partial charge is 0.139 e. The molecule has 0 amide bonds. The molecule has 146 valence electrons. The maximum atomic E-state index is 5.57. The van der Waals surface area contributed by atoms with Gasteiger partial charge in [0.15, 0.2) is 0 Å². The SMILES string of the molecule is CCc1ccc(C2NNCC2CN2CCCC2c2cc(C(C)C)on2)cc1. The number of rotatable bonds is 6. The molecule has 27 heavy (non-hydrogen) atoms. The number of benzene rings is 1. The Morgan fingerprint density at radius 1 is 1.26 bits per heavy atom. The Labute approximate surface area is 162 Å². The largest absolute Gasteiger partial charge is 0.361 e. The van der Waals surface area contributed by atoms with Gasteiger partial charge in [-0.25, -0.2) is 5.43 Å². The third kappa shape index (κ3) is 3.96. The quantitative estimate of drug-likeness (QED) is 0.808. The fraction of sp³-hybridized carbons (Fsp3) is 0.591. The van der Waals surface area contributed by atoms with Gasteiger partial charge in [-0.1, -0.05) is 50.2 Å². The molecule has 2 aliphatic heterocycles. The van der Waals surface area contributed by atoms with Gasteiger partial charge < -0.3 is 4.52 Å². The summed E-state index contributed by atoms with van der Waals surface area (Å²) in [6, 6.07) is 12.0. The van der Waals surface area contributed by atoms with Crippen molar-refractivity contribution < 1.29 is 4.52 Å². The van der Waals surface area contributed by atoms with Crippen molar-refractivity contribution in [3.63, 3.8) is 0 Å². The molecule has 1 aromatic heterocycles. The Kier molecular flexibility index (Phi) is 5.62. The van der Waals surface area contributed by atoms with Gasteiger partial charge in [0.1, 0.15) is 11.5 Å². The van der Waals surface area contributed by atoms with E-state index in [1.54, 1.807) is 0 Å². The minimum atomic E-state index is 0.362. The third-order valence-electron chi connectivity index (χ3n) is 6.13. The average molecular weight is 369 g/mol. The van der Waals surface area contributed by atoms with E-state index in [0.29, 0.717) is 23.9 Å². The van der Waals surface area contributed by atoms with Gasteiger partial charge in [-0.2, -0.15) is 0 Å². The van der Waals surface area contributed by atoms with Gasteiger partial charge in [0, 0.05) is 31.0 Å². The van der Waals surface area contributed by atoms with Crippen LogP contribution in [0.15, 0.2) is 34.9 Å². The van der Waals surface area contributed by atoms with Crippen LogP contribution in [0.5, 0.6) is 0 Å². The van der Waals surface area contributed by atoms with Crippen molar-refractivity contribution >= 4 is 0 Å². The highest BCUT2D eigenvalue weighted by Crippen LogP contribution is 2.35. The maximum absolute atomic E-state index is 5.57. The Balaban J connectivity index is 1.46. The third-order valence-corrected chi connectivity index (χ3v) is 6.13. The first-order chi connectivity index (χ1) is 13.2. The van der Waals surface area contributed by atoms with Crippen LogP contribution in [0.4, 0.5) is 0 Å². The number of hydrogen-bond acceptors (Lipinski definition) is 5. The molecule has 2 aliphatic rings. The normalized spacial score (nSPS) is 26.3. The molecular weight excluding hydrogens is 336 g/mol. The van der Waals surface area contributed by atoms with Gasteiger partial charge in [-0.05, 0) is 36.9 Å². The molecule has 2 aromatic rings. The molecule has 0 radical (unpaired) electrons. The Morgan fingerprint density at radius 3 is 2.78 bits per heavy atom. The monoisotopic (exact) mass is 368 g/mol. The van der Waals surface area contributed by atoms with E-state index >= 15 is 0 Å². The Morgan fingerprint density at radius 2 is 2.07 bits per heavy atom. The zero-order valence-corrected chi connectivity index (χ0v) is 16.7. The predicted octanol–water partition coefficient (Wildman–Crippen LogP) is 3.96. The molecule has 3 heterocycles. The fourth-order valence-corrected chi connectivity index (χ4v) is 4.44. The van der Waals surface area contributed by atoms with Crippen molar-refractivity contribution in [3.05, 3.63) is 52.9 Å². The van der Waals surface area contributed by atoms with Crippen molar-refractivity contribution in [1.29, 1.82) is 0 Å². The highest BCUT2D eigenvalue weighted by Gasteiger charge is 2.35. The lowest BCUT2D eigenvalue weighted by molar-refractivity contribution is 0.203. The van der Waals surface area contributed by atoms with Gasteiger partial charge in [0.2, 0.25) is 0 Å². The summed E-state index contributed by atoms with van der Waals surface area (Å²) in [5, 5.41) is 4.39. The number of hydrogen-bond donors (Lipinski definition) is 2. The minimum Gasteiger partial charge on any atom is -0.361 e. The lowest BCUT2D eigenvalue weighted by Gasteiger charge is -2.28. The molecule has 3 unspecified atom stereocenters. The molecule has 2 fully saturated rings. The second-order valence-electron chi connectivity index (χ2n) is 8.32. The van der Waals surface area contributed by atoms with Crippen molar-refractivity contribution in [1.82, 2.24) is 20.9 Å². The number of hydrazine groups is 1. The van der Waals surface area contributed by atoms with Gasteiger partial charge in [-0.3, -0.25) is 10.3 Å². The molecule has 2 N–H and O–H groups in total. The molecule has 5 nitrogen and oxygen atoms in total. The van der Waals surface area contributed by atoms with E-state index in [1.165, 1.54) is 24.0 Å². The average Bonchev–Trinajstić information content (AvgIpc) is 3.42. The standard InChI is InChI=1S/C22H32N4O/c1-4-16-7-9-17(10-8-16)22-18(13-23-24-22)14-26-11-5-6-20(26)19-12-21(15(2)3)27-25-19/h7-10,12,15,18,20,22-24H,4-6,11,13-14H2,1-3H3. The van der Waals surface area contributed by atoms with Crippen molar-refractivity contribution in [3.8, 4) is 0 Å². The van der Waals surface area contributed by atoms with Crippen molar-refractivity contribution in [2.75, 3.05) is 19.6 Å². The first kappa shape index (κ1) is 18.7. The highest BCUT2D eigenvalue weighted by molar-refractivity contribution is 5.26. The number of nitrogens with zero attached hydrogens (tertiary/aromatic N) is 2. The summed E-state index contributed by atoms with van der Waals surface area (Å²) in [4.78, 5) is 2.61. The molecule has 0 spiro atoms. The molecule has 2 saturated heterocycles. The number of aryl methyl sites for hydroxylation is 1. The van der Waals surface area contributed by atoms with Crippen LogP contribution in [0.2, 0.25) is 0 Å². The molecule has 5 heteroatoms. The van der Waals surface area contributed by atoms with Crippen molar-refractivity contribution in [2.45, 2.75) is 58.0 Å². The topological polar surface area (TPSA) is 53.3 Å². The van der Waals surface area contributed by atoms with E-state index in [-0.39, 0.29) is 0 Å². The summed E-state index contributed by atoms with van der Waals surface area (Å²) in [7, 11) is 0. The lowest BCUT2D eigenvalue weighted by atomic mass is 9.93. The summed E-state index contributed by atoms with van der Waals surface area (Å²) in [6.07, 6.45) is 3.50. The maximum Gasteiger partial charge on any atom is 0.139 e. The summed E-state index contributed by atoms with van der Waals surface area (Å²) in [5.41, 5.74) is 10.8. The second-order valence-corrected chi connectivity index (χ2v) is 8.32. The van der Waals surface area contributed by atoms with Gasteiger partial charge in [-0.15, -0.1) is 0 Å². The summed E-state index contributed by atoms with van der Waals surface area (Å²) >= 11 is 0. The van der Waals surface area contributed by atoms with Crippen LogP contribution >= 0.6 is 0 Å². The van der Waals surface area contributed by atoms with E-state index in [9.17, 15) is 0 Å². The van der Waals surface area contributed by atoms with Crippen molar-refractivity contribution in [2.24, 2.45) is 5.92 Å². The number of likely N-dealkylation sites (tertiary alicyclic amines) is 1. The van der Waals surface area contributed by atoms with Crippen LogP contribution in [-0.2, 0) is 6.42 Å². The van der Waals surface area contributed by atoms with E-state index in [0.717, 1.165) is 37.5 Å². The van der Waals surface area contributed by atoms with E-state index < -0.39 is 0 Å². The van der Waals surface area contributed by atoms with Crippen LogP contribution in [0.25, 0.3) is 0 Å². The zero-order chi connectivity index (χ0) is 18.8. The summed E-state index contributed by atoms with van der Waals surface area (Å²) in [6.45, 7) is 9.73. The zero-order valence-electron chi connectivity index (χ0n) is 16.7. The fourth-order valence-electron chi connectivity index (χ4n) is 4.44. The Bertz CT molecular complexity index is 739. The summed E-state index contributed by atoms with van der Waals surface area (Å²) < 4.78 is 5.57. The molecule has 3 atom stereocenters. The number of nitrogens with one attached hydrogen (secondary N) is 2.